The topological polar surface area (TPSA) is 219 Å². The van der Waals surface area contributed by atoms with E-state index >= 15 is 0 Å². The minimum Gasteiger partial charge on any atom is -0.480 e. The quantitative estimate of drug-likeness (QED) is 0.171. The zero-order valence-electron chi connectivity index (χ0n) is 28.1. The lowest BCUT2D eigenvalue weighted by Crippen LogP contribution is -2.52. The molecule has 2 fully saturated rings. The van der Waals surface area contributed by atoms with Crippen molar-refractivity contribution in [2.45, 2.75) is 25.5 Å². The van der Waals surface area contributed by atoms with E-state index < -0.39 is 29.9 Å². The Balaban J connectivity index is 1.39. The van der Waals surface area contributed by atoms with Crippen molar-refractivity contribution in [3.8, 4) is 0 Å². The molecule has 2 saturated heterocycles. The lowest BCUT2D eigenvalue weighted by atomic mass is 10.1. The normalized spacial score (nSPS) is 18.7. The van der Waals surface area contributed by atoms with Crippen LogP contribution in [0.2, 0.25) is 0 Å². The minimum atomic E-state index is -1.13. The van der Waals surface area contributed by atoms with E-state index in [0.29, 0.717) is 31.9 Å². The number of pyridine rings is 1. The average Bonchev–Trinajstić information content (AvgIpc) is 3.07. The first kappa shape index (κ1) is 38.4. The average molecular weight is 702 g/mol. The first-order valence-corrected chi connectivity index (χ1v) is 16.7. The maximum Gasteiger partial charge on any atom is 0.320 e. The summed E-state index contributed by atoms with van der Waals surface area (Å²) in [7, 11) is 0. The number of piperazine rings is 1. The largest absolute Gasteiger partial charge is 0.480 e. The first-order valence-electron chi connectivity index (χ1n) is 16.7. The number of fused-ring (bicyclic) bond motifs is 1. The van der Waals surface area contributed by atoms with Crippen molar-refractivity contribution in [3.05, 3.63) is 36.0 Å². The van der Waals surface area contributed by atoms with Crippen LogP contribution in [0.15, 0.2) is 30.3 Å². The zero-order chi connectivity index (χ0) is 36.2. The van der Waals surface area contributed by atoms with Crippen LogP contribution in [-0.2, 0) is 30.6 Å². The summed E-state index contributed by atoms with van der Waals surface area (Å²) in [4.78, 5) is 75.5. The fourth-order valence-corrected chi connectivity index (χ4v) is 6.44. The van der Waals surface area contributed by atoms with E-state index in [1.165, 1.54) is 0 Å². The maximum atomic E-state index is 13.3. The van der Waals surface area contributed by atoms with E-state index in [1.807, 2.05) is 24.3 Å². The van der Waals surface area contributed by atoms with Gasteiger partial charge in [0.25, 0.3) is 0 Å². The number of amides is 1. The van der Waals surface area contributed by atoms with Crippen LogP contribution < -0.4 is 4.90 Å². The SMILES string of the molecule is O=C(O)CN1CCN(CC(=O)O)CCN(C(CCC(=O)N2CCN(c3ccc4ccc(CO)nc4c3)CC2)C(=O)O)CCN(CC(=O)O)CC1. The Morgan fingerprint density at radius 3 is 1.64 bits per heavy atom. The number of aromatic nitrogens is 1. The van der Waals surface area contributed by atoms with Crippen molar-refractivity contribution in [2.75, 3.05) is 103 Å². The molecule has 1 amide bonds. The number of hydrogen-bond acceptors (Lipinski definition) is 12. The number of nitrogens with zero attached hydrogens (tertiary/aromatic N) is 7. The van der Waals surface area contributed by atoms with E-state index in [1.54, 1.807) is 30.6 Å². The predicted octanol–water partition coefficient (Wildman–Crippen LogP) is -0.915. The first-order chi connectivity index (χ1) is 23.9. The van der Waals surface area contributed by atoms with Crippen molar-refractivity contribution in [3.63, 3.8) is 0 Å². The third-order valence-electron chi connectivity index (χ3n) is 9.20. The van der Waals surface area contributed by atoms with Gasteiger partial charge in [0.1, 0.15) is 6.04 Å². The van der Waals surface area contributed by atoms with Gasteiger partial charge < -0.3 is 35.3 Å². The molecule has 2 aromatic rings. The number of hydrogen-bond donors (Lipinski definition) is 5. The third-order valence-corrected chi connectivity index (χ3v) is 9.20. The Kier molecular flexibility index (Phi) is 14.2. The van der Waals surface area contributed by atoms with Crippen LogP contribution in [-0.4, -0.2) is 189 Å². The van der Waals surface area contributed by atoms with Crippen LogP contribution in [0.3, 0.4) is 0 Å². The number of aliphatic carboxylic acids is 4. The standard InChI is InChI=1S/C33H47N7O10/c41-23-25-3-1-24-2-4-26(19-27(24)34-25)38-15-17-40(18-16-38)29(42)6-5-28(33(49)50)39-13-11-36(21-31(45)46)9-7-35(20-30(43)44)8-10-37(12-14-39)22-32(47)48/h1-4,19,28,41H,5-18,20-23H2,(H,43,44)(H,45,46)(H,47,48)(H,49,50). The molecule has 3 heterocycles. The van der Waals surface area contributed by atoms with Gasteiger partial charge in [-0.15, -0.1) is 0 Å². The maximum absolute atomic E-state index is 13.3. The van der Waals surface area contributed by atoms with Gasteiger partial charge in [-0.3, -0.25) is 48.6 Å². The molecular formula is C33H47N7O10. The van der Waals surface area contributed by atoms with E-state index in [9.17, 15) is 49.5 Å². The molecule has 0 radical (unpaired) electrons. The number of carboxylic acids is 4. The number of carbonyl (C=O) groups excluding carboxylic acids is 1. The van der Waals surface area contributed by atoms with Crippen molar-refractivity contribution in [1.29, 1.82) is 0 Å². The summed E-state index contributed by atoms with van der Waals surface area (Å²) in [5.74, 6) is -4.51. The smallest absolute Gasteiger partial charge is 0.320 e. The minimum absolute atomic E-state index is 0.0148. The van der Waals surface area contributed by atoms with Gasteiger partial charge in [-0.25, -0.2) is 0 Å². The second kappa shape index (κ2) is 18.5. The lowest BCUT2D eigenvalue weighted by Gasteiger charge is -2.37. The van der Waals surface area contributed by atoms with Crippen molar-refractivity contribution in [1.82, 2.24) is 29.5 Å². The molecule has 1 aromatic carbocycles. The number of anilines is 1. The van der Waals surface area contributed by atoms with Gasteiger partial charge in [-0.05, 0) is 24.6 Å². The number of rotatable bonds is 13. The fourth-order valence-electron chi connectivity index (χ4n) is 6.44. The second-order valence-electron chi connectivity index (χ2n) is 12.6. The van der Waals surface area contributed by atoms with E-state index in [4.69, 9.17) is 0 Å². The molecular weight excluding hydrogens is 654 g/mol. The molecule has 5 N–H and O–H groups in total. The molecule has 0 saturated carbocycles. The Bertz CT molecular complexity index is 1470. The molecule has 0 aliphatic carbocycles. The summed E-state index contributed by atoms with van der Waals surface area (Å²) >= 11 is 0. The highest BCUT2D eigenvalue weighted by atomic mass is 16.4. The number of carbonyl (C=O) groups is 5. The summed E-state index contributed by atoms with van der Waals surface area (Å²) in [5.41, 5.74) is 2.31. The summed E-state index contributed by atoms with van der Waals surface area (Å²) in [5, 5.41) is 49.0. The van der Waals surface area contributed by atoms with Crippen molar-refractivity contribution >= 4 is 46.4 Å². The highest BCUT2D eigenvalue weighted by Gasteiger charge is 2.30. The van der Waals surface area contributed by atoms with Gasteiger partial charge >= 0.3 is 23.9 Å². The molecule has 2 aliphatic rings. The van der Waals surface area contributed by atoms with Crippen LogP contribution in [0.5, 0.6) is 0 Å². The van der Waals surface area contributed by atoms with Gasteiger partial charge in [0, 0.05) is 96.0 Å². The van der Waals surface area contributed by atoms with Gasteiger partial charge in [0.05, 0.1) is 37.5 Å². The highest BCUT2D eigenvalue weighted by Crippen LogP contribution is 2.23. The molecule has 274 valence electrons. The van der Waals surface area contributed by atoms with E-state index in [2.05, 4.69) is 9.88 Å². The molecule has 50 heavy (non-hydrogen) atoms. The molecule has 0 spiro atoms. The van der Waals surface area contributed by atoms with Crippen molar-refractivity contribution in [2.24, 2.45) is 0 Å². The Labute approximate surface area is 289 Å². The van der Waals surface area contributed by atoms with Crippen LogP contribution in [0.4, 0.5) is 5.69 Å². The highest BCUT2D eigenvalue weighted by molar-refractivity contribution is 5.83. The van der Waals surface area contributed by atoms with Crippen LogP contribution >= 0.6 is 0 Å². The molecule has 1 atom stereocenters. The number of carboxylic acid groups (broad SMARTS) is 4. The van der Waals surface area contributed by atoms with Crippen LogP contribution in [0, 0.1) is 0 Å². The van der Waals surface area contributed by atoms with Gasteiger partial charge in [0.2, 0.25) is 5.91 Å². The number of aliphatic hydroxyl groups excluding tert-OH is 1. The molecule has 1 aromatic heterocycles. The molecule has 4 rings (SSSR count). The monoisotopic (exact) mass is 701 g/mol. The Hall–Kier alpha value is -4.42. The Morgan fingerprint density at radius 1 is 0.660 bits per heavy atom. The number of benzene rings is 1. The molecule has 17 nitrogen and oxygen atoms in total. The molecule has 1 unspecified atom stereocenters. The van der Waals surface area contributed by atoms with E-state index in [0.717, 1.165) is 16.6 Å². The van der Waals surface area contributed by atoms with Crippen LogP contribution in [0.1, 0.15) is 18.5 Å². The summed E-state index contributed by atoms with van der Waals surface area (Å²) < 4.78 is 0. The molecule has 17 heteroatoms. The second-order valence-corrected chi connectivity index (χ2v) is 12.6. The number of aliphatic hydroxyl groups is 1. The predicted molar refractivity (Wildman–Crippen MR) is 181 cm³/mol. The molecule has 2 aliphatic heterocycles. The Morgan fingerprint density at radius 2 is 1.16 bits per heavy atom. The third kappa shape index (κ3) is 11.6. The summed E-state index contributed by atoms with van der Waals surface area (Å²) in [6.45, 7) is 2.54. The molecule has 0 bridgehead atoms. The van der Waals surface area contributed by atoms with Gasteiger partial charge in [-0.2, -0.15) is 0 Å². The lowest BCUT2D eigenvalue weighted by molar-refractivity contribution is -0.145. The van der Waals surface area contributed by atoms with Gasteiger partial charge in [0.15, 0.2) is 0 Å². The zero-order valence-corrected chi connectivity index (χ0v) is 28.1. The summed E-state index contributed by atoms with van der Waals surface area (Å²) in [6.07, 6.45) is 0.00128. The fraction of sp³-hybridized carbons (Fsp3) is 0.576. The van der Waals surface area contributed by atoms with Crippen molar-refractivity contribution < 1.29 is 49.5 Å². The van der Waals surface area contributed by atoms with Crippen LogP contribution in [0.25, 0.3) is 10.9 Å². The summed E-state index contributed by atoms with van der Waals surface area (Å²) in [6, 6.07) is 8.54. The van der Waals surface area contributed by atoms with Gasteiger partial charge in [-0.1, -0.05) is 12.1 Å². The van der Waals surface area contributed by atoms with E-state index in [-0.39, 0.29) is 97.3 Å².